The topological polar surface area (TPSA) is 52.6 Å². The SMILES string of the molecule is Cc1ccc(NC(=O)CN(C)CCCCCO)c(Cl)c1. The van der Waals surface area contributed by atoms with Gasteiger partial charge in [-0.2, -0.15) is 0 Å². The highest BCUT2D eigenvalue weighted by atomic mass is 35.5. The van der Waals surface area contributed by atoms with Crippen LogP contribution in [0.15, 0.2) is 18.2 Å². The van der Waals surface area contributed by atoms with Gasteiger partial charge in [0.15, 0.2) is 0 Å². The first-order valence-corrected chi connectivity index (χ1v) is 7.26. The summed E-state index contributed by atoms with van der Waals surface area (Å²) in [6.45, 7) is 3.37. The molecule has 0 aromatic heterocycles. The molecule has 0 radical (unpaired) electrons. The van der Waals surface area contributed by atoms with Crippen molar-refractivity contribution in [2.24, 2.45) is 0 Å². The normalized spacial score (nSPS) is 10.8. The number of rotatable bonds is 8. The molecule has 1 amide bonds. The Kier molecular flexibility index (Phi) is 7.59. The molecule has 0 heterocycles. The van der Waals surface area contributed by atoms with Crippen LogP contribution < -0.4 is 5.32 Å². The molecule has 1 rings (SSSR count). The fraction of sp³-hybridized carbons (Fsp3) is 0.533. The smallest absolute Gasteiger partial charge is 0.238 e. The van der Waals surface area contributed by atoms with Crippen LogP contribution in [-0.2, 0) is 4.79 Å². The highest BCUT2D eigenvalue weighted by molar-refractivity contribution is 6.33. The summed E-state index contributed by atoms with van der Waals surface area (Å²) >= 11 is 6.08. The van der Waals surface area contributed by atoms with Gasteiger partial charge < -0.3 is 10.4 Å². The third-order valence-electron chi connectivity index (χ3n) is 3.01. The highest BCUT2D eigenvalue weighted by Crippen LogP contribution is 2.22. The Hall–Kier alpha value is -1.10. The van der Waals surface area contributed by atoms with Crippen molar-refractivity contribution in [1.82, 2.24) is 4.90 Å². The zero-order valence-electron chi connectivity index (χ0n) is 12.2. The van der Waals surface area contributed by atoms with Gasteiger partial charge in [-0.1, -0.05) is 17.7 Å². The molecule has 0 atom stereocenters. The van der Waals surface area contributed by atoms with Gasteiger partial charge in [-0.05, 0) is 57.5 Å². The third kappa shape index (κ3) is 6.37. The van der Waals surface area contributed by atoms with E-state index in [1.54, 1.807) is 0 Å². The zero-order chi connectivity index (χ0) is 15.0. The van der Waals surface area contributed by atoms with Crippen molar-refractivity contribution in [2.45, 2.75) is 26.2 Å². The van der Waals surface area contributed by atoms with E-state index in [2.05, 4.69) is 5.32 Å². The van der Waals surface area contributed by atoms with Crippen molar-refractivity contribution in [3.63, 3.8) is 0 Å². The second kappa shape index (κ2) is 8.95. The maximum Gasteiger partial charge on any atom is 0.238 e. The van der Waals surface area contributed by atoms with Crippen LogP contribution in [0.3, 0.4) is 0 Å². The maximum atomic E-state index is 11.9. The number of carbonyl (C=O) groups excluding carboxylic acids is 1. The van der Waals surface area contributed by atoms with E-state index in [9.17, 15) is 4.79 Å². The number of benzene rings is 1. The fourth-order valence-corrected chi connectivity index (χ4v) is 2.19. The van der Waals surface area contributed by atoms with Gasteiger partial charge in [0.2, 0.25) is 5.91 Å². The summed E-state index contributed by atoms with van der Waals surface area (Å²) in [6.07, 6.45) is 2.78. The number of aliphatic hydroxyl groups is 1. The molecule has 0 fully saturated rings. The first-order chi connectivity index (χ1) is 9.52. The van der Waals surface area contributed by atoms with Crippen LogP contribution >= 0.6 is 11.6 Å². The first kappa shape index (κ1) is 17.0. The molecular weight excluding hydrogens is 276 g/mol. The van der Waals surface area contributed by atoms with Gasteiger partial charge in [-0.25, -0.2) is 0 Å². The molecule has 0 aliphatic carbocycles. The molecule has 0 saturated heterocycles. The number of nitrogens with one attached hydrogen (secondary N) is 1. The molecule has 0 aliphatic rings. The number of likely N-dealkylation sites (N-methyl/N-ethyl adjacent to an activating group) is 1. The lowest BCUT2D eigenvalue weighted by atomic mass is 10.2. The van der Waals surface area contributed by atoms with Crippen molar-refractivity contribution < 1.29 is 9.90 Å². The zero-order valence-corrected chi connectivity index (χ0v) is 12.9. The number of hydrogen-bond acceptors (Lipinski definition) is 3. The van der Waals surface area contributed by atoms with Gasteiger partial charge in [0.1, 0.15) is 0 Å². The van der Waals surface area contributed by atoms with Gasteiger partial charge in [0.05, 0.1) is 17.3 Å². The molecule has 0 unspecified atom stereocenters. The van der Waals surface area contributed by atoms with E-state index < -0.39 is 0 Å². The number of carbonyl (C=O) groups is 1. The summed E-state index contributed by atoms with van der Waals surface area (Å²) in [5, 5.41) is 12.1. The predicted octanol–water partition coefficient (Wildman–Crippen LogP) is 2.68. The second-order valence-electron chi connectivity index (χ2n) is 5.05. The summed E-state index contributed by atoms with van der Waals surface area (Å²) in [4.78, 5) is 13.9. The summed E-state index contributed by atoms with van der Waals surface area (Å²) in [5.74, 6) is -0.0691. The number of aryl methyl sites for hydroxylation is 1. The van der Waals surface area contributed by atoms with Crippen LogP contribution in [0, 0.1) is 6.92 Å². The number of amides is 1. The first-order valence-electron chi connectivity index (χ1n) is 6.88. The Morgan fingerprint density at radius 3 is 2.75 bits per heavy atom. The van der Waals surface area contributed by atoms with E-state index in [-0.39, 0.29) is 12.5 Å². The molecule has 4 nitrogen and oxygen atoms in total. The summed E-state index contributed by atoms with van der Waals surface area (Å²) in [6, 6.07) is 5.56. The van der Waals surface area contributed by atoms with Gasteiger partial charge in [0, 0.05) is 6.61 Å². The predicted molar refractivity (Wildman–Crippen MR) is 83.3 cm³/mol. The van der Waals surface area contributed by atoms with Crippen molar-refractivity contribution in [1.29, 1.82) is 0 Å². The van der Waals surface area contributed by atoms with E-state index in [1.807, 2.05) is 37.1 Å². The number of aliphatic hydroxyl groups excluding tert-OH is 1. The molecular formula is C15H23ClN2O2. The molecule has 1 aromatic carbocycles. The summed E-state index contributed by atoms with van der Waals surface area (Å²) < 4.78 is 0. The van der Waals surface area contributed by atoms with Crippen molar-refractivity contribution >= 4 is 23.2 Å². The Balaban J connectivity index is 2.35. The molecule has 5 heteroatoms. The second-order valence-corrected chi connectivity index (χ2v) is 5.46. The Labute approximate surface area is 125 Å². The van der Waals surface area contributed by atoms with E-state index in [0.717, 1.165) is 31.4 Å². The highest BCUT2D eigenvalue weighted by Gasteiger charge is 2.08. The van der Waals surface area contributed by atoms with E-state index in [0.29, 0.717) is 17.3 Å². The van der Waals surface area contributed by atoms with Gasteiger partial charge in [-0.3, -0.25) is 9.69 Å². The average molecular weight is 299 g/mol. The van der Waals surface area contributed by atoms with E-state index in [1.165, 1.54) is 0 Å². The Bertz CT molecular complexity index is 438. The molecule has 1 aromatic rings. The summed E-state index contributed by atoms with van der Waals surface area (Å²) in [7, 11) is 1.91. The Morgan fingerprint density at radius 1 is 1.35 bits per heavy atom. The average Bonchev–Trinajstić information content (AvgIpc) is 2.38. The minimum atomic E-state index is -0.0691. The van der Waals surface area contributed by atoms with Crippen LogP contribution in [0.5, 0.6) is 0 Å². The van der Waals surface area contributed by atoms with Crippen molar-refractivity contribution in [2.75, 3.05) is 32.1 Å². The number of unbranched alkanes of at least 4 members (excludes halogenated alkanes) is 2. The van der Waals surface area contributed by atoms with E-state index in [4.69, 9.17) is 16.7 Å². The maximum absolute atomic E-state index is 11.9. The molecule has 0 saturated carbocycles. The molecule has 0 spiro atoms. The van der Waals surface area contributed by atoms with Gasteiger partial charge in [0.25, 0.3) is 0 Å². The van der Waals surface area contributed by atoms with Crippen LogP contribution in [0.25, 0.3) is 0 Å². The van der Waals surface area contributed by atoms with Crippen LogP contribution in [0.2, 0.25) is 5.02 Å². The lowest BCUT2D eigenvalue weighted by molar-refractivity contribution is -0.117. The summed E-state index contributed by atoms with van der Waals surface area (Å²) in [5.41, 5.74) is 1.71. The molecule has 2 N–H and O–H groups in total. The molecule has 0 aliphatic heterocycles. The molecule has 0 bridgehead atoms. The largest absolute Gasteiger partial charge is 0.396 e. The van der Waals surface area contributed by atoms with Gasteiger partial charge in [-0.15, -0.1) is 0 Å². The number of nitrogens with zero attached hydrogens (tertiary/aromatic N) is 1. The standard InChI is InChI=1S/C15H23ClN2O2/c1-12-6-7-14(13(16)10-12)17-15(20)11-18(2)8-4-3-5-9-19/h6-7,10,19H,3-5,8-9,11H2,1-2H3,(H,17,20). The monoisotopic (exact) mass is 298 g/mol. The van der Waals surface area contributed by atoms with E-state index >= 15 is 0 Å². The number of hydrogen-bond donors (Lipinski definition) is 2. The van der Waals surface area contributed by atoms with Gasteiger partial charge >= 0.3 is 0 Å². The van der Waals surface area contributed by atoms with Crippen LogP contribution in [0.1, 0.15) is 24.8 Å². The molecule has 112 valence electrons. The lowest BCUT2D eigenvalue weighted by Crippen LogP contribution is -2.31. The lowest BCUT2D eigenvalue weighted by Gasteiger charge is -2.16. The van der Waals surface area contributed by atoms with Crippen LogP contribution in [0.4, 0.5) is 5.69 Å². The Morgan fingerprint density at radius 2 is 2.10 bits per heavy atom. The fourth-order valence-electron chi connectivity index (χ4n) is 1.91. The van der Waals surface area contributed by atoms with Crippen molar-refractivity contribution in [3.8, 4) is 0 Å². The third-order valence-corrected chi connectivity index (χ3v) is 3.32. The number of anilines is 1. The minimum Gasteiger partial charge on any atom is -0.396 e. The van der Waals surface area contributed by atoms with Crippen LogP contribution in [-0.4, -0.2) is 42.7 Å². The molecule has 20 heavy (non-hydrogen) atoms. The quantitative estimate of drug-likeness (QED) is 0.726. The minimum absolute atomic E-state index is 0.0691. The number of halogens is 1. The van der Waals surface area contributed by atoms with Crippen molar-refractivity contribution in [3.05, 3.63) is 28.8 Å².